The van der Waals surface area contributed by atoms with Crippen LogP contribution in [0.1, 0.15) is 5.82 Å². The number of fused-ring (bicyclic) bond motifs is 2. The molecule has 2 N–H and O–H groups in total. The topological polar surface area (TPSA) is 140 Å². The zero-order valence-electron chi connectivity index (χ0n) is 17.8. The maximum atomic E-state index is 11.1. The number of ether oxygens (including phenoxy) is 1. The van der Waals surface area contributed by atoms with Gasteiger partial charge in [-0.05, 0) is 17.5 Å². The predicted molar refractivity (Wildman–Crippen MR) is 128 cm³/mol. The largest absolute Gasteiger partial charge is 0.378 e. The number of aromatic nitrogens is 6. The van der Waals surface area contributed by atoms with E-state index in [9.17, 15) is 10.1 Å². The third-order valence-corrected chi connectivity index (χ3v) is 6.28. The third-order valence-electron chi connectivity index (χ3n) is 5.61. The van der Waals surface area contributed by atoms with E-state index >= 15 is 0 Å². The summed E-state index contributed by atoms with van der Waals surface area (Å²) >= 11 is 1.61. The van der Waals surface area contributed by atoms with Crippen LogP contribution in [-0.4, -0.2) is 60.7 Å². The lowest BCUT2D eigenvalue weighted by atomic mass is 10.3. The van der Waals surface area contributed by atoms with Crippen molar-refractivity contribution in [2.75, 3.05) is 36.5 Å². The smallest absolute Gasteiger partial charge is 0.271 e. The number of nitrogens with one attached hydrogen (secondary N) is 2. The number of morpholine rings is 1. The molecule has 1 saturated heterocycles. The number of rotatable bonds is 6. The molecule has 4 aromatic heterocycles. The molecule has 0 atom stereocenters. The van der Waals surface area contributed by atoms with Crippen molar-refractivity contribution in [1.29, 1.82) is 0 Å². The second kappa shape index (κ2) is 8.35. The van der Waals surface area contributed by atoms with E-state index in [0.29, 0.717) is 72.6 Å². The Labute approximate surface area is 196 Å². The first-order valence-corrected chi connectivity index (χ1v) is 11.6. The molecule has 1 aliphatic rings. The standard InChI is InChI=1S/C21H19N9O3S/c31-30(32)13-1-2-15-16(9-13)25-17(24-15)10-22-19-18-20(29(12-23-18)14-3-8-34-11-14)27-21(26-19)28-4-6-33-7-5-28/h1-3,8-9,11-12H,4-7,10H2,(H,24,25)(H,22,26,27). The molecular weight excluding hydrogens is 458 g/mol. The van der Waals surface area contributed by atoms with Crippen molar-refractivity contribution < 1.29 is 9.66 Å². The molecule has 0 radical (unpaired) electrons. The van der Waals surface area contributed by atoms with Crippen molar-refractivity contribution in [1.82, 2.24) is 29.5 Å². The number of H-pyrrole nitrogens is 1. The molecular formula is C21H19N9O3S. The predicted octanol–water partition coefficient (Wildman–Crippen LogP) is 3.11. The molecule has 13 heteroatoms. The van der Waals surface area contributed by atoms with Gasteiger partial charge in [0.15, 0.2) is 17.0 Å². The number of thiophene rings is 1. The number of hydrogen-bond donors (Lipinski definition) is 2. The van der Waals surface area contributed by atoms with Gasteiger partial charge in [-0.15, -0.1) is 0 Å². The molecule has 0 bridgehead atoms. The van der Waals surface area contributed by atoms with Crippen LogP contribution >= 0.6 is 11.3 Å². The lowest BCUT2D eigenvalue weighted by Crippen LogP contribution is -2.37. The lowest BCUT2D eigenvalue weighted by molar-refractivity contribution is -0.384. The molecule has 0 saturated carbocycles. The minimum Gasteiger partial charge on any atom is -0.378 e. The second-order valence-electron chi connectivity index (χ2n) is 7.74. The van der Waals surface area contributed by atoms with Crippen LogP contribution in [0.5, 0.6) is 0 Å². The number of nitro benzene ring substituents is 1. The quantitative estimate of drug-likeness (QED) is 0.279. The fourth-order valence-corrected chi connectivity index (χ4v) is 4.54. The van der Waals surface area contributed by atoms with Crippen LogP contribution in [0.25, 0.3) is 27.9 Å². The van der Waals surface area contributed by atoms with Crippen molar-refractivity contribution in [2.45, 2.75) is 6.54 Å². The Hall–Kier alpha value is -4.10. The summed E-state index contributed by atoms with van der Waals surface area (Å²) in [5.74, 6) is 1.83. The first-order chi connectivity index (χ1) is 16.7. The van der Waals surface area contributed by atoms with E-state index in [4.69, 9.17) is 14.7 Å². The molecule has 5 heterocycles. The van der Waals surface area contributed by atoms with E-state index in [0.717, 1.165) is 5.69 Å². The zero-order valence-corrected chi connectivity index (χ0v) is 18.7. The highest BCUT2D eigenvalue weighted by Crippen LogP contribution is 2.27. The summed E-state index contributed by atoms with van der Waals surface area (Å²) in [7, 11) is 0. The molecule has 1 aliphatic heterocycles. The minimum atomic E-state index is -0.424. The van der Waals surface area contributed by atoms with Gasteiger partial charge in [0.1, 0.15) is 12.2 Å². The molecule has 1 aromatic carbocycles. The molecule has 172 valence electrons. The van der Waals surface area contributed by atoms with Crippen LogP contribution in [-0.2, 0) is 11.3 Å². The maximum Gasteiger partial charge on any atom is 0.271 e. The summed E-state index contributed by atoms with van der Waals surface area (Å²) in [6.45, 7) is 3.00. The Kier molecular flexibility index (Phi) is 5.04. The Morgan fingerprint density at radius 3 is 2.88 bits per heavy atom. The van der Waals surface area contributed by atoms with Crippen molar-refractivity contribution in [3.63, 3.8) is 0 Å². The highest BCUT2D eigenvalue weighted by atomic mass is 32.1. The summed E-state index contributed by atoms with van der Waals surface area (Å²) in [4.78, 5) is 34.6. The number of imidazole rings is 2. The van der Waals surface area contributed by atoms with Crippen LogP contribution in [0.15, 0.2) is 41.4 Å². The summed E-state index contributed by atoms with van der Waals surface area (Å²) in [5.41, 5.74) is 3.62. The summed E-state index contributed by atoms with van der Waals surface area (Å²) in [5, 5.41) is 18.4. The highest BCUT2D eigenvalue weighted by molar-refractivity contribution is 7.08. The number of benzene rings is 1. The van der Waals surface area contributed by atoms with Crippen molar-refractivity contribution in [2.24, 2.45) is 0 Å². The number of non-ortho nitro benzene ring substituents is 1. The first kappa shape index (κ1) is 20.5. The number of aromatic amines is 1. The van der Waals surface area contributed by atoms with Crippen LogP contribution in [0.3, 0.4) is 0 Å². The minimum absolute atomic E-state index is 0.0160. The molecule has 6 rings (SSSR count). The monoisotopic (exact) mass is 477 g/mol. The summed E-state index contributed by atoms with van der Waals surface area (Å²) < 4.78 is 7.43. The molecule has 1 fully saturated rings. The number of anilines is 2. The van der Waals surface area contributed by atoms with E-state index in [1.165, 1.54) is 12.1 Å². The molecule has 34 heavy (non-hydrogen) atoms. The van der Waals surface area contributed by atoms with Crippen LogP contribution < -0.4 is 10.2 Å². The van der Waals surface area contributed by atoms with E-state index < -0.39 is 4.92 Å². The molecule has 0 spiro atoms. The molecule has 0 aliphatic carbocycles. The Balaban J connectivity index is 1.36. The van der Waals surface area contributed by atoms with Gasteiger partial charge in [0.05, 0.1) is 41.4 Å². The van der Waals surface area contributed by atoms with E-state index in [1.807, 2.05) is 21.4 Å². The normalized spacial score (nSPS) is 14.2. The average molecular weight is 478 g/mol. The zero-order chi connectivity index (χ0) is 23.1. The SMILES string of the molecule is O=[N+]([O-])c1ccc2nc(CNc3nc(N4CCOCC4)nc4c3ncn4-c3ccsc3)[nH]c2c1. The van der Waals surface area contributed by atoms with Gasteiger partial charge < -0.3 is 19.9 Å². The van der Waals surface area contributed by atoms with Gasteiger partial charge in [-0.25, -0.2) is 9.97 Å². The van der Waals surface area contributed by atoms with Gasteiger partial charge in [-0.2, -0.15) is 21.3 Å². The lowest BCUT2D eigenvalue weighted by Gasteiger charge is -2.27. The number of nitrogens with zero attached hydrogens (tertiary/aromatic N) is 7. The van der Waals surface area contributed by atoms with Gasteiger partial charge in [0, 0.05) is 30.6 Å². The molecule has 0 amide bonds. The van der Waals surface area contributed by atoms with Gasteiger partial charge in [-0.3, -0.25) is 14.7 Å². The van der Waals surface area contributed by atoms with Gasteiger partial charge in [0.25, 0.3) is 5.69 Å². The van der Waals surface area contributed by atoms with Crippen molar-refractivity contribution in [3.8, 4) is 5.69 Å². The van der Waals surface area contributed by atoms with Gasteiger partial charge >= 0.3 is 0 Å². The van der Waals surface area contributed by atoms with Crippen LogP contribution in [0.4, 0.5) is 17.5 Å². The Bertz CT molecular complexity index is 1490. The maximum absolute atomic E-state index is 11.1. The molecule has 0 unspecified atom stereocenters. The Morgan fingerprint density at radius 1 is 1.21 bits per heavy atom. The van der Waals surface area contributed by atoms with Crippen molar-refractivity contribution in [3.05, 3.63) is 57.3 Å². The number of hydrogen-bond acceptors (Lipinski definition) is 10. The van der Waals surface area contributed by atoms with E-state index in [-0.39, 0.29) is 5.69 Å². The Morgan fingerprint density at radius 2 is 2.09 bits per heavy atom. The molecule has 12 nitrogen and oxygen atoms in total. The summed E-state index contributed by atoms with van der Waals surface area (Å²) in [6, 6.07) is 6.58. The fraction of sp³-hybridized carbons (Fsp3) is 0.238. The van der Waals surface area contributed by atoms with Gasteiger partial charge in [0.2, 0.25) is 5.95 Å². The van der Waals surface area contributed by atoms with Crippen LogP contribution in [0.2, 0.25) is 0 Å². The first-order valence-electron chi connectivity index (χ1n) is 10.6. The second-order valence-corrected chi connectivity index (χ2v) is 8.52. The van der Waals surface area contributed by atoms with E-state index in [2.05, 4.69) is 25.2 Å². The number of nitro groups is 1. The highest BCUT2D eigenvalue weighted by Gasteiger charge is 2.20. The summed E-state index contributed by atoms with van der Waals surface area (Å²) in [6.07, 6.45) is 1.75. The van der Waals surface area contributed by atoms with Gasteiger partial charge in [-0.1, -0.05) is 0 Å². The third kappa shape index (κ3) is 3.70. The van der Waals surface area contributed by atoms with Crippen LogP contribution in [0, 0.1) is 10.1 Å². The van der Waals surface area contributed by atoms with E-state index in [1.54, 1.807) is 23.7 Å². The van der Waals surface area contributed by atoms with Crippen molar-refractivity contribution >= 4 is 51.0 Å². The average Bonchev–Trinajstić information content (AvgIpc) is 3.61. The molecule has 5 aromatic rings. The fourth-order valence-electron chi connectivity index (χ4n) is 3.92.